The normalized spacial score (nSPS) is 20.3. The molecule has 0 unspecified atom stereocenters. The molecule has 1 atom stereocenters. The fraction of sp³-hybridized carbons (Fsp3) is 0.647. The zero-order valence-corrected chi connectivity index (χ0v) is 15.3. The summed E-state index contributed by atoms with van der Waals surface area (Å²) in [6, 6.07) is 9.07. The molecule has 0 N–H and O–H groups in total. The summed E-state index contributed by atoms with van der Waals surface area (Å²) in [5.74, 6) is 0. The molecule has 0 spiro atoms. The summed E-state index contributed by atoms with van der Waals surface area (Å²) in [5, 5.41) is 0. The molecule has 1 saturated heterocycles. The zero-order valence-electron chi connectivity index (χ0n) is 14.5. The van der Waals surface area contributed by atoms with E-state index in [0.29, 0.717) is 24.0 Å². The van der Waals surface area contributed by atoms with Crippen molar-refractivity contribution in [3.63, 3.8) is 0 Å². The van der Waals surface area contributed by atoms with E-state index in [1.165, 1.54) is 0 Å². The molecular formula is C17H29N3O2S. The number of sulfonamides is 1. The fourth-order valence-corrected chi connectivity index (χ4v) is 4.60. The number of likely N-dealkylation sites (N-methyl/N-ethyl adjacent to an activating group) is 1. The molecule has 0 bridgehead atoms. The van der Waals surface area contributed by atoms with Gasteiger partial charge in [0.1, 0.15) is 0 Å². The van der Waals surface area contributed by atoms with E-state index in [1.807, 2.05) is 6.07 Å². The van der Waals surface area contributed by atoms with E-state index in [2.05, 4.69) is 30.9 Å². The lowest BCUT2D eigenvalue weighted by Crippen LogP contribution is -2.48. The summed E-state index contributed by atoms with van der Waals surface area (Å²) >= 11 is 0. The standard InChI is InChI=1S/C17H29N3O2S/c1-18(2)12-8-13-19(3)16-9-7-14-20(15-16)23(21,22)17-10-5-4-6-11-17/h4-6,10-11,16H,7-9,12-15H2,1-3H3/t16-/m1/s1. The van der Waals surface area contributed by atoms with Crippen molar-refractivity contribution in [3.05, 3.63) is 30.3 Å². The third kappa shape index (κ3) is 5.01. The van der Waals surface area contributed by atoms with E-state index >= 15 is 0 Å². The van der Waals surface area contributed by atoms with Gasteiger partial charge in [0.25, 0.3) is 0 Å². The largest absolute Gasteiger partial charge is 0.309 e. The van der Waals surface area contributed by atoms with Gasteiger partial charge in [0.2, 0.25) is 10.0 Å². The van der Waals surface area contributed by atoms with Gasteiger partial charge in [-0.25, -0.2) is 8.42 Å². The Morgan fingerprint density at radius 2 is 1.83 bits per heavy atom. The van der Waals surface area contributed by atoms with Crippen LogP contribution in [0.1, 0.15) is 19.3 Å². The molecule has 6 heteroatoms. The SMILES string of the molecule is CN(C)CCCN(C)[C@@H]1CCCN(S(=O)(=O)c2ccccc2)C1. The molecule has 23 heavy (non-hydrogen) atoms. The zero-order chi connectivity index (χ0) is 16.9. The molecule has 1 aliphatic rings. The van der Waals surface area contributed by atoms with E-state index in [4.69, 9.17) is 0 Å². The van der Waals surface area contributed by atoms with Crippen LogP contribution in [0.3, 0.4) is 0 Å². The number of piperidine rings is 1. The van der Waals surface area contributed by atoms with Gasteiger partial charge < -0.3 is 9.80 Å². The summed E-state index contributed by atoms with van der Waals surface area (Å²) in [5.41, 5.74) is 0. The molecule has 130 valence electrons. The van der Waals surface area contributed by atoms with Gasteiger partial charge in [-0.05, 0) is 65.6 Å². The number of hydrogen-bond donors (Lipinski definition) is 0. The minimum Gasteiger partial charge on any atom is -0.309 e. The summed E-state index contributed by atoms with van der Waals surface area (Å²) in [6.45, 7) is 3.28. The Kier molecular flexibility index (Phi) is 6.59. The Morgan fingerprint density at radius 1 is 1.13 bits per heavy atom. The Bertz CT molecular complexity index is 575. The highest BCUT2D eigenvalue weighted by Gasteiger charge is 2.31. The average Bonchev–Trinajstić information content (AvgIpc) is 2.55. The monoisotopic (exact) mass is 339 g/mol. The van der Waals surface area contributed by atoms with Crippen LogP contribution in [0, 0.1) is 0 Å². The van der Waals surface area contributed by atoms with Gasteiger partial charge >= 0.3 is 0 Å². The predicted molar refractivity (Wildman–Crippen MR) is 94.0 cm³/mol. The van der Waals surface area contributed by atoms with Crippen LogP contribution in [0.25, 0.3) is 0 Å². The Hall–Kier alpha value is -0.950. The van der Waals surface area contributed by atoms with Crippen molar-refractivity contribution < 1.29 is 8.42 Å². The van der Waals surface area contributed by atoms with E-state index < -0.39 is 10.0 Å². The molecule has 0 saturated carbocycles. The highest BCUT2D eigenvalue weighted by molar-refractivity contribution is 7.89. The van der Waals surface area contributed by atoms with Crippen LogP contribution in [0.2, 0.25) is 0 Å². The second-order valence-corrected chi connectivity index (χ2v) is 8.55. The van der Waals surface area contributed by atoms with Crippen molar-refractivity contribution in [1.82, 2.24) is 14.1 Å². The van der Waals surface area contributed by atoms with Gasteiger partial charge in [-0.1, -0.05) is 18.2 Å². The number of benzene rings is 1. The van der Waals surface area contributed by atoms with Gasteiger partial charge in [-0.2, -0.15) is 4.31 Å². The lowest BCUT2D eigenvalue weighted by atomic mass is 10.1. The van der Waals surface area contributed by atoms with Crippen LogP contribution >= 0.6 is 0 Å². The molecule has 1 fully saturated rings. The average molecular weight is 340 g/mol. The second kappa shape index (κ2) is 8.24. The number of rotatable bonds is 7. The highest BCUT2D eigenvalue weighted by Crippen LogP contribution is 2.22. The van der Waals surface area contributed by atoms with Crippen molar-refractivity contribution in [2.45, 2.75) is 30.2 Å². The number of hydrogen-bond acceptors (Lipinski definition) is 4. The van der Waals surface area contributed by atoms with Crippen LogP contribution < -0.4 is 0 Å². The number of nitrogens with zero attached hydrogens (tertiary/aromatic N) is 3. The first-order valence-corrected chi connectivity index (χ1v) is 9.75. The van der Waals surface area contributed by atoms with Crippen molar-refractivity contribution in [2.24, 2.45) is 0 Å². The molecule has 2 rings (SSSR count). The molecule has 5 nitrogen and oxygen atoms in total. The smallest absolute Gasteiger partial charge is 0.243 e. The van der Waals surface area contributed by atoms with Gasteiger partial charge in [0.15, 0.2) is 0 Å². The van der Waals surface area contributed by atoms with E-state index in [1.54, 1.807) is 28.6 Å². The topological polar surface area (TPSA) is 43.9 Å². The van der Waals surface area contributed by atoms with Crippen LogP contribution in [0.4, 0.5) is 0 Å². The van der Waals surface area contributed by atoms with Crippen molar-refractivity contribution >= 4 is 10.0 Å². The Morgan fingerprint density at radius 3 is 2.48 bits per heavy atom. The molecule has 0 radical (unpaired) electrons. The minimum absolute atomic E-state index is 0.310. The van der Waals surface area contributed by atoms with Gasteiger partial charge in [0, 0.05) is 19.1 Å². The molecule has 1 heterocycles. The first kappa shape index (κ1) is 18.4. The Balaban J connectivity index is 1.98. The molecule has 1 aromatic carbocycles. The third-order valence-electron chi connectivity index (χ3n) is 4.48. The van der Waals surface area contributed by atoms with Crippen LogP contribution in [0.5, 0.6) is 0 Å². The molecule has 0 amide bonds. The molecule has 1 aromatic rings. The molecule has 0 aliphatic carbocycles. The maximum absolute atomic E-state index is 12.8. The maximum atomic E-state index is 12.8. The van der Waals surface area contributed by atoms with Crippen molar-refractivity contribution in [1.29, 1.82) is 0 Å². The Labute approximate surface area is 140 Å². The lowest BCUT2D eigenvalue weighted by Gasteiger charge is -2.37. The van der Waals surface area contributed by atoms with Crippen LogP contribution in [-0.2, 0) is 10.0 Å². The first-order chi connectivity index (χ1) is 10.9. The quantitative estimate of drug-likeness (QED) is 0.759. The van der Waals surface area contributed by atoms with Gasteiger partial charge in [0.05, 0.1) is 4.90 Å². The van der Waals surface area contributed by atoms with Gasteiger partial charge in [-0.3, -0.25) is 0 Å². The predicted octanol–water partition coefficient (Wildman–Crippen LogP) is 1.72. The third-order valence-corrected chi connectivity index (χ3v) is 6.36. The minimum atomic E-state index is -3.36. The van der Waals surface area contributed by atoms with Crippen LogP contribution in [-0.4, -0.2) is 75.9 Å². The highest BCUT2D eigenvalue weighted by atomic mass is 32.2. The van der Waals surface area contributed by atoms with E-state index in [9.17, 15) is 8.42 Å². The summed E-state index contributed by atoms with van der Waals surface area (Å²) in [7, 11) is 2.90. The molecular weight excluding hydrogens is 310 g/mol. The second-order valence-electron chi connectivity index (χ2n) is 6.61. The summed E-state index contributed by atoms with van der Waals surface area (Å²) < 4.78 is 27.2. The summed E-state index contributed by atoms with van der Waals surface area (Å²) in [4.78, 5) is 4.90. The van der Waals surface area contributed by atoms with E-state index in [-0.39, 0.29) is 0 Å². The summed E-state index contributed by atoms with van der Waals surface area (Å²) in [6.07, 6.45) is 3.10. The maximum Gasteiger partial charge on any atom is 0.243 e. The van der Waals surface area contributed by atoms with Crippen molar-refractivity contribution in [2.75, 3.05) is 47.3 Å². The van der Waals surface area contributed by atoms with Crippen LogP contribution in [0.15, 0.2) is 35.2 Å². The van der Waals surface area contributed by atoms with Gasteiger partial charge in [-0.15, -0.1) is 0 Å². The van der Waals surface area contributed by atoms with E-state index in [0.717, 1.165) is 32.4 Å². The first-order valence-electron chi connectivity index (χ1n) is 8.31. The molecule has 0 aromatic heterocycles. The molecule has 1 aliphatic heterocycles. The lowest BCUT2D eigenvalue weighted by molar-refractivity contribution is 0.158. The van der Waals surface area contributed by atoms with Crippen molar-refractivity contribution in [3.8, 4) is 0 Å². The fourth-order valence-electron chi connectivity index (χ4n) is 3.06.